The molecule has 26 heavy (non-hydrogen) atoms. The molecule has 1 amide bonds. The van der Waals surface area contributed by atoms with E-state index in [1.54, 1.807) is 25.1 Å². The van der Waals surface area contributed by atoms with E-state index in [-0.39, 0.29) is 24.0 Å². The van der Waals surface area contributed by atoms with Crippen LogP contribution in [0.1, 0.15) is 29.1 Å². The van der Waals surface area contributed by atoms with E-state index in [0.717, 1.165) is 16.2 Å². The van der Waals surface area contributed by atoms with Gasteiger partial charge in [-0.25, -0.2) is 4.79 Å². The van der Waals surface area contributed by atoms with Crippen LogP contribution >= 0.6 is 23.1 Å². The highest BCUT2D eigenvalue weighted by Crippen LogP contribution is 2.30. The molecule has 0 unspecified atom stereocenters. The van der Waals surface area contributed by atoms with Crippen LogP contribution in [0.4, 0.5) is 10.7 Å². The Morgan fingerprint density at radius 2 is 1.96 bits per heavy atom. The number of amides is 1. The molecule has 138 valence electrons. The van der Waals surface area contributed by atoms with E-state index in [0.29, 0.717) is 10.6 Å². The fourth-order valence-corrected chi connectivity index (χ4v) is 3.74. The van der Waals surface area contributed by atoms with Crippen LogP contribution < -0.4 is 5.32 Å². The molecular formula is C17H18N2O5S2. The Labute approximate surface area is 158 Å². The van der Waals surface area contributed by atoms with Gasteiger partial charge in [0.25, 0.3) is 5.69 Å². The van der Waals surface area contributed by atoms with Gasteiger partial charge in [-0.1, -0.05) is 6.92 Å². The fraction of sp³-hybridized carbons (Fsp3) is 0.294. The van der Waals surface area contributed by atoms with Crippen LogP contribution in [0.3, 0.4) is 0 Å². The highest BCUT2D eigenvalue weighted by atomic mass is 32.2. The van der Waals surface area contributed by atoms with Crippen molar-refractivity contribution in [2.45, 2.75) is 25.2 Å². The second-order valence-electron chi connectivity index (χ2n) is 5.12. The number of thioether (sulfide) groups is 1. The summed E-state index contributed by atoms with van der Waals surface area (Å²) in [7, 11) is 0. The van der Waals surface area contributed by atoms with Gasteiger partial charge in [0.1, 0.15) is 5.00 Å². The van der Waals surface area contributed by atoms with E-state index in [1.165, 1.54) is 35.2 Å². The number of nitro groups is 1. The summed E-state index contributed by atoms with van der Waals surface area (Å²) < 4.78 is 5.02. The topological polar surface area (TPSA) is 98.5 Å². The summed E-state index contributed by atoms with van der Waals surface area (Å²) in [5.41, 5.74) is 0.367. The predicted octanol–water partition coefficient (Wildman–Crippen LogP) is 4.13. The van der Waals surface area contributed by atoms with Crippen LogP contribution in [-0.4, -0.2) is 29.2 Å². The molecular weight excluding hydrogens is 376 g/mol. The quantitative estimate of drug-likeness (QED) is 0.313. The van der Waals surface area contributed by atoms with Crippen molar-refractivity contribution < 1.29 is 19.2 Å². The first kappa shape index (κ1) is 19.9. The molecule has 2 aromatic rings. The van der Waals surface area contributed by atoms with E-state index in [9.17, 15) is 19.7 Å². The number of ether oxygens (including phenoxy) is 1. The molecule has 0 aliphatic carbocycles. The second kappa shape index (κ2) is 9.35. The molecule has 0 radical (unpaired) electrons. The molecule has 1 N–H and O–H groups in total. The fourth-order valence-electron chi connectivity index (χ4n) is 2.05. The van der Waals surface area contributed by atoms with Crippen molar-refractivity contribution in [2.24, 2.45) is 0 Å². The van der Waals surface area contributed by atoms with Gasteiger partial charge in [0.15, 0.2) is 0 Å². The zero-order chi connectivity index (χ0) is 19.1. The number of carbonyl (C=O) groups excluding carboxylic acids is 2. The number of esters is 1. The van der Waals surface area contributed by atoms with E-state index in [4.69, 9.17) is 4.74 Å². The average molecular weight is 394 g/mol. The van der Waals surface area contributed by atoms with Crippen molar-refractivity contribution in [1.29, 1.82) is 0 Å². The Kier molecular flexibility index (Phi) is 7.16. The third-order valence-electron chi connectivity index (χ3n) is 3.30. The number of aryl methyl sites for hydroxylation is 1. The molecule has 0 aliphatic heterocycles. The summed E-state index contributed by atoms with van der Waals surface area (Å²) >= 11 is 2.61. The Morgan fingerprint density at radius 3 is 2.54 bits per heavy atom. The van der Waals surface area contributed by atoms with Crippen molar-refractivity contribution in [3.63, 3.8) is 0 Å². The van der Waals surface area contributed by atoms with Gasteiger partial charge >= 0.3 is 5.97 Å². The Bertz CT molecular complexity index is 802. The molecule has 0 spiro atoms. The van der Waals surface area contributed by atoms with E-state index >= 15 is 0 Å². The zero-order valence-electron chi connectivity index (χ0n) is 14.3. The number of anilines is 1. The maximum Gasteiger partial charge on any atom is 0.341 e. The van der Waals surface area contributed by atoms with Crippen molar-refractivity contribution in [3.8, 4) is 0 Å². The number of nitrogens with one attached hydrogen (secondary N) is 1. The smallest absolute Gasteiger partial charge is 0.341 e. The zero-order valence-corrected chi connectivity index (χ0v) is 15.9. The number of nitro benzene ring substituents is 1. The SMILES string of the molecule is CCOC(=O)c1cc(CC)sc1NC(=O)CSc1ccc([N+](=O)[O-])cc1. The molecule has 0 atom stereocenters. The Hall–Kier alpha value is -2.39. The molecule has 9 heteroatoms. The van der Waals surface area contributed by atoms with Crippen LogP contribution in [0.2, 0.25) is 0 Å². The van der Waals surface area contributed by atoms with Crippen LogP contribution in [0.5, 0.6) is 0 Å². The number of thiophene rings is 1. The summed E-state index contributed by atoms with van der Waals surface area (Å²) in [4.78, 5) is 36.1. The molecule has 0 aliphatic rings. The minimum Gasteiger partial charge on any atom is -0.462 e. The monoisotopic (exact) mass is 394 g/mol. The molecule has 0 saturated carbocycles. The third-order valence-corrected chi connectivity index (χ3v) is 5.50. The van der Waals surface area contributed by atoms with Crippen molar-refractivity contribution in [3.05, 3.63) is 50.9 Å². The van der Waals surface area contributed by atoms with Gasteiger partial charge in [-0.3, -0.25) is 14.9 Å². The van der Waals surface area contributed by atoms with E-state index < -0.39 is 10.9 Å². The standard InChI is InChI=1S/C17H18N2O5S2/c1-3-12-9-14(17(21)24-4-2)16(26-12)18-15(20)10-25-13-7-5-11(6-8-13)19(22)23/h5-9H,3-4,10H2,1-2H3,(H,18,20). The van der Waals surface area contributed by atoms with Crippen molar-refractivity contribution in [2.75, 3.05) is 17.7 Å². The lowest BCUT2D eigenvalue weighted by molar-refractivity contribution is -0.384. The first-order chi connectivity index (χ1) is 12.4. The van der Waals surface area contributed by atoms with Gasteiger partial charge < -0.3 is 10.1 Å². The molecule has 7 nitrogen and oxygen atoms in total. The maximum absolute atomic E-state index is 12.2. The molecule has 1 heterocycles. The van der Waals surface area contributed by atoms with Gasteiger partial charge in [0.05, 0.1) is 22.8 Å². The van der Waals surface area contributed by atoms with Crippen LogP contribution in [-0.2, 0) is 16.0 Å². The first-order valence-electron chi connectivity index (χ1n) is 7.91. The number of benzene rings is 1. The number of hydrogen-bond donors (Lipinski definition) is 1. The van der Waals surface area contributed by atoms with E-state index in [1.807, 2.05) is 6.92 Å². The maximum atomic E-state index is 12.2. The van der Waals surface area contributed by atoms with Gasteiger partial charge in [-0.2, -0.15) is 0 Å². The predicted molar refractivity (Wildman–Crippen MR) is 102 cm³/mol. The molecule has 1 aromatic heterocycles. The number of non-ortho nitro benzene ring substituents is 1. The summed E-state index contributed by atoms with van der Waals surface area (Å²) in [5, 5.41) is 13.9. The second-order valence-corrected chi connectivity index (χ2v) is 7.30. The normalized spacial score (nSPS) is 10.4. The molecule has 0 fully saturated rings. The van der Waals surface area contributed by atoms with Gasteiger partial charge in [-0.05, 0) is 31.5 Å². The summed E-state index contributed by atoms with van der Waals surface area (Å²) in [6.07, 6.45) is 0.754. The van der Waals surface area contributed by atoms with Gasteiger partial charge in [-0.15, -0.1) is 23.1 Å². The Balaban J connectivity index is 1.99. The van der Waals surface area contributed by atoms with Crippen LogP contribution in [0.25, 0.3) is 0 Å². The van der Waals surface area contributed by atoms with Gasteiger partial charge in [0.2, 0.25) is 5.91 Å². The highest BCUT2D eigenvalue weighted by Gasteiger charge is 2.18. The largest absolute Gasteiger partial charge is 0.462 e. The number of nitrogens with zero attached hydrogens (tertiary/aromatic N) is 1. The summed E-state index contributed by atoms with van der Waals surface area (Å²) in [6, 6.07) is 7.72. The van der Waals surface area contributed by atoms with E-state index in [2.05, 4.69) is 5.32 Å². The molecule has 1 aromatic carbocycles. The average Bonchev–Trinajstić information content (AvgIpc) is 3.03. The number of rotatable bonds is 8. The van der Waals surface area contributed by atoms with Gasteiger partial charge in [0, 0.05) is 21.9 Å². The molecule has 0 bridgehead atoms. The summed E-state index contributed by atoms with van der Waals surface area (Å²) in [6.45, 7) is 3.96. The lowest BCUT2D eigenvalue weighted by atomic mass is 10.2. The molecule has 0 saturated heterocycles. The number of hydrogen-bond acceptors (Lipinski definition) is 7. The minimum absolute atomic E-state index is 0.00330. The van der Waals surface area contributed by atoms with Crippen LogP contribution in [0, 0.1) is 10.1 Å². The summed E-state index contributed by atoms with van der Waals surface area (Å²) in [5.74, 6) is -0.593. The first-order valence-corrected chi connectivity index (χ1v) is 9.71. The van der Waals surface area contributed by atoms with Crippen molar-refractivity contribution >= 4 is 45.7 Å². The third kappa shape index (κ3) is 5.30. The molecule has 2 rings (SSSR count). The lowest BCUT2D eigenvalue weighted by Gasteiger charge is -2.06. The Morgan fingerprint density at radius 1 is 1.27 bits per heavy atom. The lowest BCUT2D eigenvalue weighted by Crippen LogP contribution is -2.15. The highest BCUT2D eigenvalue weighted by molar-refractivity contribution is 8.00. The number of carbonyl (C=O) groups is 2. The van der Waals surface area contributed by atoms with Crippen molar-refractivity contribution in [1.82, 2.24) is 0 Å². The van der Waals surface area contributed by atoms with Crippen LogP contribution in [0.15, 0.2) is 35.2 Å². The minimum atomic E-state index is -0.472.